The molecule has 0 saturated carbocycles. The van der Waals surface area contributed by atoms with Crippen LogP contribution in [-0.4, -0.2) is 24.5 Å². The Bertz CT molecular complexity index is 420. The van der Waals surface area contributed by atoms with Crippen molar-refractivity contribution in [3.63, 3.8) is 0 Å². The fourth-order valence-corrected chi connectivity index (χ4v) is 1.77. The third kappa shape index (κ3) is 6.33. The molecule has 1 atom stereocenters. The van der Waals surface area contributed by atoms with Crippen LogP contribution in [0.25, 0.3) is 0 Å². The number of nitrogens with two attached hydrogens (primary N) is 1. The molecule has 0 aliphatic carbocycles. The molecule has 3 N–H and O–H groups in total. The first-order valence-electron chi connectivity index (χ1n) is 6.83. The highest BCUT2D eigenvalue weighted by Crippen LogP contribution is 2.02. The highest BCUT2D eigenvalue weighted by atomic mass is 16.5. The number of nitrogens with one attached hydrogen (secondary N) is 1. The quantitative estimate of drug-likeness (QED) is 0.715. The summed E-state index contributed by atoms with van der Waals surface area (Å²) in [6.07, 6.45) is 2.36. The lowest BCUT2D eigenvalue weighted by Gasteiger charge is -2.15. The van der Waals surface area contributed by atoms with Crippen molar-refractivity contribution in [3.8, 4) is 0 Å². The first kappa shape index (κ1) is 16.2. The molecule has 0 spiro atoms. The zero-order valence-corrected chi connectivity index (χ0v) is 11.8. The van der Waals surface area contributed by atoms with Crippen molar-refractivity contribution < 1.29 is 14.3 Å². The fourth-order valence-electron chi connectivity index (χ4n) is 1.77. The van der Waals surface area contributed by atoms with Crippen molar-refractivity contribution in [2.45, 2.75) is 38.8 Å². The van der Waals surface area contributed by atoms with Gasteiger partial charge >= 0.3 is 0 Å². The van der Waals surface area contributed by atoms with Crippen LogP contribution < -0.4 is 11.1 Å². The average molecular weight is 278 g/mol. The summed E-state index contributed by atoms with van der Waals surface area (Å²) in [5, 5.41) is 2.60. The average Bonchev–Trinajstić information content (AvgIpc) is 2.44. The Morgan fingerprint density at radius 1 is 1.30 bits per heavy atom. The Balaban J connectivity index is 2.29. The third-order valence-electron chi connectivity index (χ3n) is 2.87. The molecule has 1 aromatic rings. The maximum absolute atomic E-state index is 11.7. The van der Waals surface area contributed by atoms with E-state index in [1.54, 1.807) is 0 Å². The summed E-state index contributed by atoms with van der Waals surface area (Å²) in [4.78, 5) is 22.9. The molecular formula is C15H22N2O3. The minimum Gasteiger partial charge on any atom is -0.368 e. The van der Waals surface area contributed by atoms with Crippen molar-refractivity contribution in [3.05, 3.63) is 35.9 Å². The molecule has 1 rings (SSSR count). The zero-order chi connectivity index (χ0) is 14.8. The van der Waals surface area contributed by atoms with Crippen LogP contribution in [0.4, 0.5) is 0 Å². The van der Waals surface area contributed by atoms with E-state index in [1.807, 2.05) is 37.3 Å². The monoisotopic (exact) mass is 278 g/mol. The second-order valence-corrected chi connectivity index (χ2v) is 4.64. The van der Waals surface area contributed by atoms with E-state index in [4.69, 9.17) is 10.5 Å². The number of amides is 2. The van der Waals surface area contributed by atoms with E-state index in [2.05, 4.69) is 5.32 Å². The van der Waals surface area contributed by atoms with Crippen LogP contribution in [0.3, 0.4) is 0 Å². The molecule has 5 heteroatoms. The molecule has 0 bridgehead atoms. The molecule has 2 amide bonds. The Morgan fingerprint density at radius 2 is 2.00 bits per heavy atom. The lowest BCUT2D eigenvalue weighted by molar-refractivity contribution is -0.130. The number of carbonyl (C=O) groups excluding carboxylic acids is 2. The number of hydrogen-bond donors (Lipinski definition) is 2. The van der Waals surface area contributed by atoms with Crippen LogP contribution >= 0.6 is 0 Å². The number of unbranched alkanes of at least 4 members (excludes halogenated alkanes) is 1. The molecule has 0 heterocycles. The predicted molar refractivity (Wildman–Crippen MR) is 76.7 cm³/mol. The molecule has 0 radical (unpaired) electrons. The van der Waals surface area contributed by atoms with Gasteiger partial charge in [-0.25, -0.2) is 0 Å². The van der Waals surface area contributed by atoms with Gasteiger partial charge in [0, 0.05) is 0 Å². The Hall–Kier alpha value is -1.88. The Kier molecular flexibility index (Phi) is 7.35. The molecule has 0 aromatic heterocycles. The number of primary amides is 1. The fraction of sp³-hybridized carbons (Fsp3) is 0.467. The summed E-state index contributed by atoms with van der Waals surface area (Å²) in [6.45, 7) is 2.30. The van der Waals surface area contributed by atoms with Gasteiger partial charge < -0.3 is 15.8 Å². The van der Waals surface area contributed by atoms with Crippen molar-refractivity contribution >= 4 is 11.8 Å². The predicted octanol–water partition coefficient (Wildman–Crippen LogP) is 1.36. The van der Waals surface area contributed by atoms with Crippen LogP contribution in [0.1, 0.15) is 31.7 Å². The van der Waals surface area contributed by atoms with Gasteiger partial charge in [-0.2, -0.15) is 0 Å². The first-order chi connectivity index (χ1) is 9.63. The molecule has 0 aliphatic rings. The van der Waals surface area contributed by atoms with Crippen molar-refractivity contribution in [2.75, 3.05) is 6.61 Å². The van der Waals surface area contributed by atoms with Gasteiger partial charge in [-0.3, -0.25) is 9.59 Å². The SMILES string of the molecule is CCCC[C@@H](NC(=O)COCc1ccccc1)C(N)=O. The van der Waals surface area contributed by atoms with E-state index in [1.165, 1.54) is 0 Å². The summed E-state index contributed by atoms with van der Waals surface area (Å²) in [5.41, 5.74) is 6.25. The van der Waals surface area contributed by atoms with Crippen LogP contribution in [0, 0.1) is 0 Å². The van der Waals surface area contributed by atoms with Gasteiger partial charge in [0.15, 0.2) is 0 Å². The van der Waals surface area contributed by atoms with Gasteiger partial charge in [-0.05, 0) is 12.0 Å². The molecule has 0 saturated heterocycles. The summed E-state index contributed by atoms with van der Waals surface area (Å²) >= 11 is 0. The maximum Gasteiger partial charge on any atom is 0.246 e. The van der Waals surface area contributed by atoms with Gasteiger partial charge in [0.25, 0.3) is 0 Å². The standard InChI is InChI=1S/C15H22N2O3/c1-2-3-9-13(15(16)19)17-14(18)11-20-10-12-7-5-4-6-8-12/h4-8,13H,2-3,9-11H2,1H3,(H2,16,19)(H,17,18)/t13-/m1/s1. The van der Waals surface area contributed by atoms with Crippen LogP contribution in [0.15, 0.2) is 30.3 Å². The summed E-state index contributed by atoms with van der Waals surface area (Å²) in [6, 6.07) is 8.97. The van der Waals surface area contributed by atoms with Gasteiger partial charge in [0.05, 0.1) is 6.61 Å². The van der Waals surface area contributed by atoms with E-state index >= 15 is 0 Å². The van der Waals surface area contributed by atoms with Crippen molar-refractivity contribution in [1.82, 2.24) is 5.32 Å². The molecule has 110 valence electrons. The minimum absolute atomic E-state index is 0.0786. The van der Waals surface area contributed by atoms with E-state index in [9.17, 15) is 9.59 Å². The van der Waals surface area contributed by atoms with Crippen molar-refractivity contribution in [1.29, 1.82) is 0 Å². The molecule has 0 fully saturated rings. The number of carbonyl (C=O) groups is 2. The summed E-state index contributed by atoms with van der Waals surface area (Å²) < 4.78 is 5.30. The summed E-state index contributed by atoms with van der Waals surface area (Å²) in [5.74, 6) is -0.823. The molecular weight excluding hydrogens is 256 g/mol. The van der Waals surface area contributed by atoms with Crippen LogP contribution in [0.2, 0.25) is 0 Å². The molecule has 1 aromatic carbocycles. The number of ether oxygens (including phenoxy) is 1. The van der Waals surface area contributed by atoms with Gasteiger partial charge in [-0.15, -0.1) is 0 Å². The minimum atomic E-state index is -0.609. The van der Waals surface area contributed by atoms with Gasteiger partial charge in [0.1, 0.15) is 12.6 Å². The largest absolute Gasteiger partial charge is 0.368 e. The third-order valence-corrected chi connectivity index (χ3v) is 2.87. The lowest BCUT2D eigenvalue weighted by Crippen LogP contribution is -2.45. The van der Waals surface area contributed by atoms with Crippen molar-refractivity contribution in [2.24, 2.45) is 5.73 Å². The normalized spacial score (nSPS) is 11.8. The highest BCUT2D eigenvalue weighted by Gasteiger charge is 2.17. The second-order valence-electron chi connectivity index (χ2n) is 4.64. The molecule has 0 aliphatic heterocycles. The van der Waals surface area contributed by atoms with E-state index in [-0.39, 0.29) is 12.5 Å². The molecule has 20 heavy (non-hydrogen) atoms. The van der Waals surface area contributed by atoms with E-state index in [0.29, 0.717) is 13.0 Å². The maximum atomic E-state index is 11.7. The topological polar surface area (TPSA) is 81.4 Å². The van der Waals surface area contributed by atoms with Crippen LogP contribution in [-0.2, 0) is 20.9 Å². The lowest BCUT2D eigenvalue weighted by atomic mass is 10.1. The summed E-state index contributed by atoms with van der Waals surface area (Å²) in [7, 11) is 0. The first-order valence-corrected chi connectivity index (χ1v) is 6.83. The number of rotatable bonds is 9. The van der Waals surface area contributed by atoms with Gasteiger partial charge in [0.2, 0.25) is 11.8 Å². The Labute approximate surface area is 119 Å². The Morgan fingerprint density at radius 3 is 2.60 bits per heavy atom. The van der Waals surface area contributed by atoms with Gasteiger partial charge in [-0.1, -0.05) is 50.1 Å². The second kappa shape index (κ2) is 9.09. The zero-order valence-electron chi connectivity index (χ0n) is 11.8. The highest BCUT2D eigenvalue weighted by molar-refractivity contribution is 5.86. The van der Waals surface area contributed by atoms with E-state index < -0.39 is 11.9 Å². The molecule has 5 nitrogen and oxygen atoms in total. The smallest absolute Gasteiger partial charge is 0.246 e. The molecule has 0 unspecified atom stereocenters. The van der Waals surface area contributed by atoms with E-state index in [0.717, 1.165) is 18.4 Å². The number of hydrogen-bond acceptors (Lipinski definition) is 3. The number of benzene rings is 1. The van der Waals surface area contributed by atoms with Crippen LogP contribution in [0.5, 0.6) is 0 Å².